The molecule has 104 valence electrons. The van der Waals surface area contributed by atoms with Gasteiger partial charge in [0.1, 0.15) is 0 Å². The molecule has 1 aromatic carbocycles. The van der Waals surface area contributed by atoms with Gasteiger partial charge in [0.2, 0.25) is 5.91 Å². The number of hydrogen-bond donors (Lipinski definition) is 0. The fourth-order valence-electron chi connectivity index (χ4n) is 2.42. The molecule has 1 heterocycles. The van der Waals surface area contributed by atoms with Gasteiger partial charge in [0.05, 0.1) is 16.5 Å². The Morgan fingerprint density at radius 3 is 2.79 bits per heavy atom. The summed E-state index contributed by atoms with van der Waals surface area (Å²) in [5, 5.41) is 1.87. The number of hydrogen-bond acceptors (Lipinski definition) is 1. The largest absolute Gasteiger partial charge is 0.339 e. The molecule has 0 radical (unpaired) electrons. The van der Waals surface area contributed by atoms with E-state index in [9.17, 15) is 4.79 Å². The Balaban J connectivity index is 2.05. The highest BCUT2D eigenvalue weighted by Crippen LogP contribution is 2.24. The molecule has 1 aliphatic heterocycles. The van der Waals surface area contributed by atoms with Crippen molar-refractivity contribution in [3.63, 3.8) is 0 Å². The maximum atomic E-state index is 12.4. The first-order valence-corrected chi connectivity index (χ1v) is 8.29. The number of likely N-dealkylation sites (tertiary alicyclic amines) is 1. The van der Waals surface area contributed by atoms with Gasteiger partial charge in [0.25, 0.3) is 0 Å². The number of alkyl halides is 1. The molecule has 1 atom stereocenters. The molecule has 0 aliphatic carbocycles. The number of halogens is 3. The lowest BCUT2D eigenvalue weighted by Crippen LogP contribution is -2.45. The highest BCUT2D eigenvalue weighted by Gasteiger charge is 2.25. The van der Waals surface area contributed by atoms with Crippen molar-refractivity contribution in [2.75, 3.05) is 11.9 Å². The van der Waals surface area contributed by atoms with Crippen LogP contribution in [0.3, 0.4) is 0 Å². The minimum Gasteiger partial charge on any atom is -0.339 e. The van der Waals surface area contributed by atoms with E-state index in [0.29, 0.717) is 22.5 Å². The van der Waals surface area contributed by atoms with Gasteiger partial charge in [-0.05, 0) is 37.0 Å². The molecule has 0 aromatic heterocycles. The maximum Gasteiger partial charge on any atom is 0.227 e. The van der Waals surface area contributed by atoms with Gasteiger partial charge in [-0.25, -0.2) is 0 Å². The normalized spacial score (nSPS) is 19.5. The predicted molar refractivity (Wildman–Crippen MR) is 83.3 cm³/mol. The third-order valence-electron chi connectivity index (χ3n) is 3.46. The summed E-state index contributed by atoms with van der Waals surface area (Å²) in [5.41, 5.74) is 0.915. The molecule has 1 amide bonds. The monoisotopic (exact) mass is 363 g/mol. The molecule has 0 bridgehead atoms. The van der Waals surface area contributed by atoms with Crippen molar-refractivity contribution in [2.45, 2.75) is 31.7 Å². The van der Waals surface area contributed by atoms with E-state index in [-0.39, 0.29) is 5.91 Å². The molecule has 0 spiro atoms. The number of piperidine rings is 1. The van der Waals surface area contributed by atoms with Crippen LogP contribution in [-0.2, 0) is 11.2 Å². The fraction of sp³-hybridized carbons (Fsp3) is 0.500. The predicted octanol–water partition coefficient (Wildman–Crippen LogP) is 4.31. The molecule has 0 N–H and O–H groups in total. The number of rotatable bonds is 3. The lowest BCUT2D eigenvalue weighted by atomic mass is 10.0. The van der Waals surface area contributed by atoms with Crippen LogP contribution in [-0.4, -0.2) is 28.7 Å². The van der Waals surface area contributed by atoms with Crippen LogP contribution in [0.15, 0.2) is 18.2 Å². The minimum absolute atomic E-state index is 0.169. The van der Waals surface area contributed by atoms with Crippen molar-refractivity contribution in [1.29, 1.82) is 0 Å². The van der Waals surface area contributed by atoms with Gasteiger partial charge in [0.15, 0.2) is 0 Å². The average Bonchev–Trinajstić information content (AvgIpc) is 2.43. The van der Waals surface area contributed by atoms with Gasteiger partial charge in [-0.3, -0.25) is 4.79 Å². The quantitative estimate of drug-likeness (QED) is 0.731. The number of nitrogens with zero attached hydrogens (tertiary/aromatic N) is 1. The van der Waals surface area contributed by atoms with E-state index < -0.39 is 0 Å². The smallest absolute Gasteiger partial charge is 0.227 e. The summed E-state index contributed by atoms with van der Waals surface area (Å²) in [6.45, 7) is 0.858. The molecule has 5 heteroatoms. The first-order valence-electron chi connectivity index (χ1n) is 6.41. The maximum absolute atomic E-state index is 12.4. The first-order chi connectivity index (χ1) is 9.11. The number of carbonyl (C=O) groups is 1. The van der Waals surface area contributed by atoms with E-state index in [2.05, 4.69) is 15.9 Å². The molecule has 0 saturated carbocycles. The minimum atomic E-state index is 0.169. The van der Waals surface area contributed by atoms with E-state index in [1.807, 2.05) is 11.0 Å². The third kappa shape index (κ3) is 3.87. The van der Waals surface area contributed by atoms with Crippen molar-refractivity contribution in [3.05, 3.63) is 33.8 Å². The highest BCUT2D eigenvalue weighted by atomic mass is 79.9. The van der Waals surface area contributed by atoms with Crippen molar-refractivity contribution < 1.29 is 4.79 Å². The van der Waals surface area contributed by atoms with Gasteiger partial charge in [-0.15, -0.1) is 0 Å². The van der Waals surface area contributed by atoms with Crippen LogP contribution in [0.5, 0.6) is 0 Å². The topological polar surface area (TPSA) is 20.3 Å². The molecule has 1 aliphatic rings. The van der Waals surface area contributed by atoms with Crippen molar-refractivity contribution >= 4 is 45.0 Å². The summed E-state index contributed by atoms with van der Waals surface area (Å²) in [6.07, 6.45) is 3.77. The molecule has 1 saturated heterocycles. The summed E-state index contributed by atoms with van der Waals surface area (Å²) in [5.74, 6) is 0.169. The molecular formula is C14H16BrCl2NO. The molecule has 19 heavy (non-hydrogen) atoms. The molecule has 2 rings (SSSR count). The van der Waals surface area contributed by atoms with Gasteiger partial charge >= 0.3 is 0 Å². The Morgan fingerprint density at radius 1 is 1.32 bits per heavy atom. The second-order valence-corrected chi connectivity index (χ2v) is 6.28. The summed E-state index contributed by atoms with van der Waals surface area (Å²) in [7, 11) is 0. The van der Waals surface area contributed by atoms with Crippen LogP contribution in [0, 0.1) is 0 Å². The van der Waals surface area contributed by atoms with Crippen LogP contribution >= 0.6 is 39.1 Å². The Hall–Kier alpha value is -0.250. The van der Waals surface area contributed by atoms with Crippen LogP contribution in [0.1, 0.15) is 24.8 Å². The Labute approximate surface area is 132 Å². The SMILES string of the molecule is O=C(Cc1ccc(Cl)c(Cl)c1)N1CCCCC1CBr. The number of amides is 1. The Bertz CT molecular complexity index is 467. The van der Waals surface area contributed by atoms with Crippen LogP contribution in [0.4, 0.5) is 0 Å². The second kappa shape index (κ2) is 6.96. The van der Waals surface area contributed by atoms with E-state index in [1.54, 1.807) is 12.1 Å². The molecule has 1 unspecified atom stereocenters. The van der Waals surface area contributed by atoms with Crippen LogP contribution in [0.25, 0.3) is 0 Å². The Kier molecular flexibility index (Phi) is 5.55. The molecule has 1 aromatic rings. The molecule has 1 fully saturated rings. The molecule has 2 nitrogen and oxygen atoms in total. The summed E-state index contributed by atoms with van der Waals surface area (Å²) in [6, 6.07) is 5.70. The molecular weight excluding hydrogens is 349 g/mol. The number of benzene rings is 1. The highest BCUT2D eigenvalue weighted by molar-refractivity contribution is 9.09. The van der Waals surface area contributed by atoms with Gasteiger partial charge in [0, 0.05) is 17.9 Å². The summed E-state index contributed by atoms with van der Waals surface area (Å²) < 4.78 is 0. The lowest BCUT2D eigenvalue weighted by Gasteiger charge is -2.34. The fourth-order valence-corrected chi connectivity index (χ4v) is 3.41. The van der Waals surface area contributed by atoms with Crippen LogP contribution in [0.2, 0.25) is 10.0 Å². The first kappa shape index (κ1) is 15.1. The average molecular weight is 365 g/mol. The van der Waals surface area contributed by atoms with E-state index in [0.717, 1.165) is 30.3 Å². The van der Waals surface area contributed by atoms with E-state index in [1.165, 1.54) is 6.42 Å². The van der Waals surface area contributed by atoms with Crippen molar-refractivity contribution in [3.8, 4) is 0 Å². The zero-order valence-corrected chi connectivity index (χ0v) is 13.6. The van der Waals surface area contributed by atoms with Crippen LogP contribution < -0.4 is 0 Å². The van der Waals surface area contributed by atoms with Crippen molar-refractivity contribution in [1.82, 2.24) is 4.90 Å². The lowest BCUT2D eigenvalue weighted by molar-refractivity contribution is -0.133. The summed E-state index contributed by atoms with van der Waals surface area (Å²) >= 11 is 15.3. The van der Waals surface area contributed by atoms with Crippen molar-refractivity contribution in [2.24, 2.45) is 0 Å². The zero-order valence-electron chi connectivity index (χ0n) is 10.5. The Morgan fingerprint density at radius 2 is 2.11 bits per heavy atom. The third-order valence-corrected chi connectivity index (χ3v) is 4.95. The zero-order chi connectivity index (χ0) is 13.8. The standard InChI is InChI=1S/C14H16BrCl2NO/c15-9-11-3-1-2-6-18(11)14(19)8-10-4-5-12(16)13(17)7-10/h4-5,7,11H,1-3,6,8-9H2. The van der Waals surface area contributed by atoms with Gasteiger partial charge in [-0.2, -0.15) is 0 Å². The van der Waals surface area contributed by atoms with Gasteiger partial charge < -0.3 is 4.90 Å². The van der Waals surface area contributed by atoms with E-state index in [4.69, 9.17) is 23.2 Å². The second-order valence-electron chi connectivity index (χ2n) is 4.82. The summed E-state index contributed by atoms with van der Waals surface area (Å²) in [4.78, 5) is 14.3. The van der Waals surface area contributed by atoms with Gasteiger partial charge in [-0.1, -0.05) is 45.2 Å². The van der Waals surface area contributed by atoms with E-state index >= 15 is 0 Å². The number of carbonyl (C=O) groups excluding carboxylic acids is 1.